The number of amidine groups is 1. The molecule has 1 aromatic carbocycles. The largest absolute Gasteiger partial charge is 0.378 e. The van der Waals surface area contributed by atoms with Crippen molar-refractivity contribution in [1.29, 1.82) is 0 Å². The van der Waals surface area contributed by atoms with Gasteiger partial charge in [-0.05, 0) is 30.5 Å². The molecule has 1 heterocycles. The summed E-state index contributed by atoms with van der Waals surface area (Å²) in [5, 5.41) is 11.3. The van der Waals surface area contributed by atoms with Gasteiger partial charge in [-0.15, -0.1) is 0 Å². The van der Waals surface area contributed by atoms with Crippen LogP contribution in [0.1, 0.15) is 0 Å². The van der Waals surface area contributed by atoms with E-state index in [1.807, 2.05) is 43.7 Å². The molecule has 0 aromatic heterocycles. The summed E-state index contributed by atoms with van der Waals surface area (Å²) in [6.07, 6.45) is 3.80. The van der Waals surface area contributed by atoms with Gasteiger partial charge in [0.1, 0.15) is 0 Å². The van der Waals surface area contributed by atoms with E-state index in [1.165, 1.54) is 5.69 Å². The maximum atomic E-state index is 4.40. The average Bonchev–Trinajstić information content (AvgIpc) is 2.63. The van der Waals surface area contributed by atoms with E-state index in [-0.39, 0.29) is 0 Å². The first-order chi connectivity index (χ1) is 8.72. The number of thioether (sulfide) groups is 1. The van der Waals surface area contributed by atoms with Crippen LogP contribution >= 0.6 is 11.8 Å². The van der Waals surface area contributed by atoms with Crippen molar-refractivity contribution in [2.75, 3.05) is 36.8 Å². The van der Waals surface area contributed by atoms with Gasteiger partial charge in [-0.3, -0.25) is 0 Å². The van der Waals surface area contributed by atoms with Crippen molar-refractivity contribution in [3.05, 3.63) is 24.3 Å². The van der Waals surface area contributed by atoms with Gasteiger partial charge >= 0.3 is 0 Å². The van der Waals surface area contributed by atoms with Crippen LogP contribution in [0, 0.1) is 0 Å². The molecule has 1 aliphatic heterocycles. The van der Waals surface area contributed by atoms with Crippen molar-refractivity contribution in [3.8, 4) is 0 Å². The van der Waals surface area contributed by atoms with Gasteiger partial charge in [0.05, 0.1) is 12.2 Å². The fraction of sp³-hybridized carbons (Fsp3) is 0.333. The third-order valence-corrected chi connectivity index (χ3v) is 3.16. The van der Waals surface area contributed by atoms with Crippen LogP contribution in [0.5, 0.6) is 0 Å². The van der Waals surface area contributed by atoms with Gasteiger partial charge in [-0.2, -0.15) is 10.2 Å². The van der Waals surface area contributed by atoms with Crippen molar-refractivity contribution < 1.29 is 0 Å². The fourth-order valence-corrected chi connectivity index (χ4v) is 2.06. The molecule has 96 valence electrons. The molecule has 2 rings (SSSR count). The molecule has 1 aliphatic rings. The lowest BCUT2D eigenvalue weighted by Gasteiger charge is -2.19. The Balaban J connectivity index is 2.28. The van der Waals surface area contributed by atoms with Crippen molar-refractivity contribution >= 4 is 34.5 Å². The summed E-state index contributed by atoms with van der Waals surface area (Å²) in [5.41, 5.74) is 5.12. The van der Waals surface area contributed by atoms with Gasteiger partial charge in [-0.25, -0.2) is 5.01 Å². The van der Waals surface area contributed by atoms with Crippen LogP contribution in [0.15, 0.2) is 34.5 Å². The van der Waals surface area contributed by atoms with Crippen LogP contribution in [0.2, 0.25) is 0 Å². The summed E-state index contributed by atoms with van der Waals surface area (Å²) < 4.78 is 0. The highest BCUT2D eigenvalue weighted by Crippen LogP contribution is 2.22. The summed E-state index contributed by atoms with van der Waals surface area (Å²) in [6, 6.07) is 8.23. The van der Waals surface area contributed by atoms with E-state index in [1.54, 1.807) is 11.8 Å². The molecule has 1 aromatic rings. The van der Waals surface area contributed by atoms with Crippen molar-refractivity contribution in [2.45, 2.75) is 0 Å². The van der Waals surface area contributed by atoms with Crippen LogP contribution < -0.4 is 15.3 Å². The Kier molecular flexibility index (Phi) is 4.09. The standard InChI is InChI=1S/C12H17N5S/c1-16(2)10-4-6-11(7-5-10)17-12(18-3)15-13-8-9-14-17/h4-7,9,13H,8H2,1-3H3. The number of hydrogen-bond donors (Lipinski definition) is 1. The van der Waals surface area contributed by atoms with Gasteiger partial charge in [0.25, 0.3) is 0 Å². The highest BCUT2D eigenvalue weighted by atomic mass is 32.2. The van der Waals surface area contributed by atoms with Crippen LogP contribution in [0.25, 0.3) is 0 Å². The van der Waals surface area contributed by atoms with E-state index in [0.29, 0.717) is 6.54 Å². The third kappa shape index (κ3) is 2.76. The maximum Gasteiger partial charge on any atom is 0.207 e. The fourth-order valence-electron chi connectivity index (χ4n) is 1.57. The number of hydrazone groups is 2. The minimum atomic E-state index is 0.649. The lowest BCUT2D eigenvalue weighted by Crippen LogP contribution is -2.22. The van der Waals surface area contributed by atoms with Crippen LogP contribution in [-0.4, -0.2) is 38.3 Å². The Bertz CT molecular complexity index is 452. The van der Waals surface area contributed by atoms with Crippen LogP contribution in [0.3, 0.4) is 0 Å². The second-order valence-corrected chi connectivity index (χ2v) is 4.75. The molecular weight excluding hydrogens is 246 g/mol. The number of anilines is 2. The van der Waals surface area contributed by atoms with Crippen LogP contribution in [-0.2, 0) is 0 Å². The Morgan fingerprint density at radius 1 is 1.28 bits per heavy atom. The molecule has 0 radical (unpaired) electrons. The van der Waals surface area contributed by atoms with E-state index in [2.05, 4.69) is 32.7 Å². The van der Waals surface area contributed by atoms with E-state index < -0.39 is 0 Å². The first-order valence-corrected chi connectivity index (χ1v) is 6.89. The molecule has 0 saturated heterocycles. The number of rotatable bonds is 2. The summed E-state index contributed by atoms with van der Waals surface area (Å²) in [5.74, 6) is 0. The minimum Gasteiger partial charge on any atom is -0.378 e. The quantitative estimate of drug-likeness (QED) is 0.883. The second kappa shape index (κ2) is 5.77. The molecule has 1 N–H and O–H groups in total. The number of nitrogens with one attached hydrogen (secondary N) is 1. The molecule has 0 bridgehead atoms. The van der Waals surface area contributed by atoms with E-state index in [4.69, 9.17) is 0 Å². The zero-order chi connectivity index (χ0) is 13.0. The molecule has 18 heavy (non-hydrogen) atoms. The number of nitrogens with zero attached hydrogens (tertiary/aromatic N) is 4. The molecule has 0 aliphatic carbocycles. The molecule has 6 heteroatoms. The number of hydrogen-bond acceptors (Lipinski definition) is 6. The minimum absolute atomic E-state index is 0.649. The summed E-state index contributed by atoms with van der Waals surface area (Å²) >= 11 is 1.56. The lowest BCUT2D eigenvalue weighted by atomic mass is 10.2. The average molecular weight is 263 g/mol. The van der Waals surface area contributed by atoms with E-state index in [0.717, 1.165) is 10.9 Å². The molecule has 0 unspecified atom stereocenters. The van der Waals surface area contributed by atoms with Crippen LogP contribution in [0.4, 0.5) is 11.4 Å². The summed E-state index contributed by atoms with van der Waals surface area (Å²) in [4.78, 5) is 2.07. The highest BCUT2D eigenvalue weighted by molar-refractivity contribution is 8.13. The maximum absolute atomic E-state index is 4.40. The predicted octanol–water partition coefficient (Wildman–Crippen LogP) is 1.78. The van der Waals surface area contributed by atoms with Gasteiger partial charge in [-0.1, -0.05) is 11.8 Å². The van der Waals surface area contributed by atoms with Crippen molar-refractivity contribution in [2.24, 2.45) is 10.2 Å². The Labute approximate surface area is 112 Å². The predicted molar refractivity (Wildman–Crippen MR) is 80.7 cm³/mol. The van der Waals surface area contributed by atoms with Crippen molar-refractivity contribution in [3.63, 3.8) is 0 Å². The monoisotopic (exact) mass is 263 g/mol. The molecule has 0 saturated carbocycles. The molecule has 0 fully saturated rings. The zero-order valence-corrected chi connectivity index (χ0v) is 11.6. The van der Waals surface area contributed by atoms with Gasteiger partial charge < -0.3 is 10.3 Å². The smallest absolute Gasteiger partial charge is 0.207 e. The van der Waals surface area contributed by atoms with Gasteiger partial charge in [0, 0.05) is 26.0 Å². The molecule has 0 amide bonds. The van der Waals surface area contributed by atoms with E-state index in [9.17, 15) is 0 Å². The zero-order valence-electron chi connectivity index (χ0n) is 10.8. The molecular formula is C12H17N5S. The normalized spacial score (nSPS) is 14.8. The molecule has 5 nitrogen and oxygen atoms in total. The first-order valence-electron chi connectivity index (χ1n) is 5.67. The Morgan fingerprint density at radius 3 is 2.61 bits per heavy atom. The SMILES string of the molecule is CSC1=NNCC=NN1c1ccc(N(C)C)cc1. The topological polar surface area (TPSA) is 43.2 Å². The van der Waals surface area contributed by atoms with E-state index >= 15 is 0 Å². The summed E-state index contributed by atoms with van der Waals surface area (Å²) in [7, 11) is 4.05. The second-order valence-electron chi connectivity index (χ2n) is 3.98. The Morgan fingerprint density at radius 2 is 2.00 bits per heavy atom. The van der Waals surface area contributed by atoms with Gasteiger partial charge in [0.15, 0.2) is 0 Å². The van der Waals surface area contributed by atoms with Crippen molar-refractivity contribution in [1.82, 2.24) is 5.43 Å². The van der Waals surface area contributed by atoms with Gasteiger partial charge in [0.2, 0.25) is 5.17 Å². The highest BCUT2D eigenvalue weighted by Gasteiger charge is 2.13. The molecule has 0 atom stereocenters. The first kappa shape index (κ1) is 12.8. The summed E-state index contributed by atoms with van der Waals surface area (Å²) in [6.45, 7) is 0.649. The number of benzene rings is 1. The molecule has 0 spiro atoms. The Hall–Kier alpha value is -1.69. The third-order valence-electron chi connectivity index (χ3n) is 2.53. The lowest BCUT2D eigenvalue weighted by molar-refractivity contribution is 0.862.